The van der Waals surface area contributed by atoms with Crippen molar-refractivity contribution in [2.45, 2.75) is 13.0 Å². The van der Waals surface area contributed by atoms with Gasteiger partial charge in [-0.3, -0.25) is 9.59 Å². The fourth-order valence-electron chi connectivity index (χ4n) is 2.82. The molecule has 0 bridgehead atoms. The van der Waals surface area contributed by atoms with E-state index in [1.165, 1.54) is 36.5 Å². The number of nitrogens with one attached hydrogen (secondary N) is 1. The van der Waals surface area contributed by atoms with E-state index in [0.29, 0.717) is 4.88 Å². The third-order valence-corrected chi connectivity index (χ3v) is 5.15. The van der Waals surface area contributed by atoms with E-state index in [0.717, 1.165) is 12.1 Å². The van der Waals surface area contributed by atoms with Gasteiger partial charge in [-0.25, -0.2) is 13.6 Å². The van der Waals surface area contributed by atoms with E-state index in [-0.39, 0.29) is 22.5 Å². The quantitative estimate of drug-likeness (QED) is 0.449. The summed E-state index contributed by atoms with van der Waals surface area (Å²) in [6.45, 7) is 0.901. The fourth-order valence-corrected chi connectivity index (χ4v) is 3.50. The molecule has 0 fully saturated rings. The second-order valence-corrected chi connectivity index (χ2v) is 7.33. The summed E-state index contributed by atoms with van der Waals surface area (Å²) in [7, 11) is 0. The molecule has 0 aliphatic rings. The molecule has 8 heteroatoms. The molecule has 0 spiro atoms. The van der Waals surface area contributed by atoms with Crippen molar-refractivity contribution in [3.63, 3.8) is 0 Å². The molecular formula is C22H17F2NO4S. The van der Waals surface area contributed by atoms with Crippen molar-refractivity contribution in [2.24, 2.45) is 0 Å². The van der Waals surface area contributed by atoms with Crippen molar-refractivity contribution in [3.05, 3.63) is 93.2 Å². The van der Waals surface area contributed by atoms with Gasteiger partial charge in [-0.2, -0.15) is 0 Å². The van der Waals surface area contributed by atoms with Crippen LogP contribution in [-0.4, -0.2) is 24.3 Å². The predicted molar refractivity (Wildman–Crippen MR) is 107 cm³/mol. The van der Waals surface area contributed by atoms with Gasteiger partial charge < -0.3 is 10.1 Å². The number of hydrogen-bond acceptors (Lipinski definition) is 5. The summed E-state index contributed by atoms with van der Waals surface area (Å²) in [5.74, 6) is -3.32. The number of rotatable bonds is 7. The fraction of sp³-hybridized carbons (Fsp3) is 0.136. The minimum Gasteiger partial charge on any atom is -0.452 e. The smallest absolute Gasteiger partial charge is 0.339 e. The number of halogens is 2. The van der Waals surface area contributed by atoms with Crippen LogP contribution in [0.3, 0.4) is 0 Å². The standard InChI is InChI=1S/C22H17F2NO4S/c1-13(15-9-8-14(23)11-18(15)24)25-20(26)12-29-22(28)17-6-3-2-5-16(17)21(27)19-7-4-10-30-19/h2-11,13H,12H2,1H3,(H,25,26). The monoisotopic (exact) mass is 429 g/mol. The maximum atomic E-state index is 13.8. The molecule has 1 heterocycles. The molecule has 5 nitrogen and oxygen atoms in total. The number of thiophene rings is 1. The highest BCUT2D eigenvalue weighted by atomic mass is 32.1. The van der Waals surface area contributed by atoms with Crippen LogP contribution in [0.5, 0.6) is 0 Å². The van der Waals surface area contributed by atoms with Crippen molar-refractivity contribution in [1.82, 2.24) is 5.32 Å². The maximum absolute atomic E-state index is 13.8. The van der Waals surface area contributed by atoms with Crippen molar-refractivity contribution >= 4 is 29.0 Å². The largest absolute Gasteiger partial charge is 0.452 e. The molecule has 0 aliphatic carbocycles. The third kappa shape index (κ3) is 4.96. The lowest BCUT2D eigenvalue weighted by Gasteiger charge is -2.15. The first-order chi connectivity index (χ1) is 14.4. The summed E-state index contributed by atoms with van der Waals surface area (Å²) in [5, 5.41) is 4.23. The number of esters is 1. The molecule has 0 aliphatic heterocycles. The first-order valence-electron chi connectivity index (χ1n) is 8.95. The number of amides is 1. The van der Waals surface area contributed by atoms with Gasteiger partial charge >= 0.3 is 5.97 Å². The minimum atomic E-state index is -0.828. The van der Waals surface area contributed by atoms with E-state index in [1.807, 2.05) is 0 Å². The van der Waals surface area contributed by atoms with Gasteiger partial charge in [0.05, 0.1) is 16.5 Å². The highest BCUT2D eigenvalue weighted by molar-refractivity contribution is 7.12. The van der Waals surface area contributed by atoms with Gasteiger partial charge in [0.2, 0.25) is 5.78 Å². The van der Waals surface area contributed by atoms with E-state index in [9.17, 15) is 23.2 Å². The Kier molecular flexibility index (Phi) is 6.68. The predicted octanol–water partition coefficient (Wildman–Crippen LogP) is 4.29. The number of benzene rings is 2. The van der Waals surface area contributed by atoms with Gasteiger partial charge in [-0.05, 0) is 30.5 Å². The number of ether oxygens (including phenoxy) is 1. The molecule has 2 aromatic carbocycles. The molecule has 1 unspecified atom stereocenters. The van der Waals surface area contributed by atoms with Crippen LogP contribution in [0.4, 0.5) is 8.78 Å². The Morgan fingerprint density at radius 2 is 1.77 bits per heavy atom. The van der Waals surface area contributed by atoms with E-state index in [2.05, 4.69) is 5.32 Å². The van der Waals surface area contributed by atoms with Crippen LogP contribution in [0.25, 0.3) is 0 Å². The van der Waals surface area contributed by atoms with E-state index >= 15 is 0 Å². The second kappa shape index (κ2) is 9.41. The van der Waals surface area contributed by atoms with Crippen molar-refractivity contribution in [3.8, 4) is 0 Å². The van der Waals surface area contributed by atoms with Gasteiger partial charge in [-0.15, -0.1) is 11.3 Å². The van der Waals surface area contributed by atoms with Gasteiger partial charge in [0.1, 0.15) is 11.6 Å². The molecule has 3 rings (SSSR count). The molecule has 0 saturated carbocycles. The van der Waals surface area contributed by atoms with Crippen LogP contribution in [0.2, 0.25) is 0 Å². The average Bonchev–Trinajstić information content (AvgIpc) is 3.26. The lowest BCUT2D eigenvalue weighted by molar-refractivity contribution is -0.124. The van der Waals surface area contributed by atoms with Crippen molar-refractivity contribution < 1.29 is 27.9 Å². The van der Waals surface area contributed by atoms with Gasteiger partial charge in [0.15, 0.2) is 6.61 Å². The van der Waals surface area contributed by atoms with Crippen LogP contribution >= 0.6 is 11.3 Å². The highest BCUT2D eigenvalue weighted by Gasteiger charge is 2.21. The Labute approximate surface area is 175 Å². The number of carbonyl (C=O) groups is 3. The first kappa shape index (κ1) is 21.3. The summed E-state index contributed by atoms with van der Waals surface area (Å²) in [6, 6.07) is 11.8. The molecule has 1 amide bonds. The molecular weight excluding hydrogens is 412 g/mol. The zero-order valence-electron chi connectivity index (χ0n) is 15.9. The van der Waals surface area contributed by atoms with E-state index < -0.39 is 36.2 Å². The highest BCUT2D eigenvalue weighted by Crippen LogP contribution is 2.20. The Morgan fingerprint density at radius 3 is 2.43 bits per heavy atom. The zero-order valence-corrected chi connectivity index (χ0v) is 16.7. The Bertz CT molecular complexity index is 1080. The summed E-state index contributed by atoms with van der Waals surface area (Å²) in [6.07, 6.45) is 0. The molecule has 154 valence electrons. The van der Waals surface area contributed by atoms with E-state index in [4.69, 9.17) is 4.74 Å². The third-order valence-electron chi connectivity index (χ3n) is 4.28. The average molecular weight is 429 g/mol. The second-order valence-electron chi connectivity index (χ2n) is 6.38. The SMILES string of the molecule is CC(NC(=O)COC(=O)c1ccccc1C(=O)c1cccs1)c1ccc(F)cc1F. The molecule has 1 atom stereocenters. The lowest BCUT2D eigenvalue weighted by atomic mass is 10.0. The Morgan fingerprint density at radius 1 is 1.03 bits per heavy atom. The molecule has 0 saturated heterocycles. The van der Waals surface area contributed by atoms with Crippen LogP contribution < -0.4 is 5.32 Å². The minimum absolute atomic E-state index is 0.0429. The zero-order chi connectivity index (χ0) is 21.7. The Balaban J connectivity index is 1.63. The van der Waals surface area contributed by atoms with Gasteiger partial charge in [-0.1, -0.05) is 30.3 Å². The number of carbonyl (C=O) groups excluding carboxylic acids is 3. The summed E-state index contributed by atoms with van der Waals surface area (Å²) in [5.41, 5.74) is 0.316. The summed E-state index contributed by atoms with van der Waals surface area (Å²) < 4.78 is 31.9. The lowest BCUT2D eigenvalue weighted by Crippen LogP contribution is -2.31. The van der Waals surface area contributed by atoms with Crippen molar-refractivity contribution in [2.75, 3.05) is 6.61 Å². The normalized spacial score (nSPS) is 11.6. The first-order valence-corrected chi connectivity index (χ1v) is 9.83. The van der Waals surface area contributed by atoms with Gasteiger partial charge in [0.25, 0.3) is 5.91 Å². The van der Waals surface area contributed by atoms with Crippen LogP contribution in [0, 0.1) is 11.6 Å². The number of hydrogen-bond donors (Lipinski definition) is 1. The summed E-state index contributed by atoms with van der Waals surface area (Å²) in [4.78, 5) is 37.6. The topological polar surface area (TPSA) is 72.5 Å². The molecule has 0 radical (unpaired) electrons. The number of ketones is 1. The molecule has 1 N–H and O–H groups in total. The van der Waals surface area contributed by atoms with Gasteiger partial charge in [0, 0.05) is 17.2 Å². The van der Waals surface area contributed by atoms with Crippen LogP contribution in [0.15, 0.2) is 60.0 Å². The van der Waals surface area contributed by atoms with E-state index in [1.54, 1.807) is 29.6 Å². The Hall–Kier alpha value is -3.39. The molecule has 30 heavy (non-hydrogen) atoms. The molecule has 1 aromatic heterocycles. The van der Waals surface area contributed by atoms with Crippen LogP contribution in [0.1, 0.15) is 44.1 Å². The van der Waals surface area contributed by atoms with Crippen molar-refractivity contribution in [1.29, 1.82) is 0 Å². The maximum Gasteiger partial charge on any atom is 0.339 e. The summed E-state index contributed by atoms with van der Waals surface area (Å²) >= 11 is 1.25. The van der Waals surface area contributed by atoms with Crippen LogP contribution in [-0.2, 0) is 9.53 Å². The molecule has 3 aromatic rings.